The fourth-order valence-electron chi connectivity index (χ4n) is 3.42. The third kappa shape index (κ3) is 4.53. The summed E-state index contributed by atoms with van der Waals surface area (Å²) in [5, 5.41) is 3.06. The summed E-state index contributed by atoms with van der Waals surface area (Å²) in [6, 6.07) is 12.7. The van der Waals surface area contributed by atoms with Gasteiger partial charge in [0.2, 0.25) is 0 Å². The minimum atomic E-state index is -0.343. The maximum absolute atomic E-state index is 13.0. The summed E-state index contributed by atoms with van der Waals surface area (Å²) in [5.41, 5.74) is 4.46. The van der Waals surface area contributed by atoms with Gasteiger partial charge in [-0.1, -0.05) is 57.2 Å². The summed E-state index contributed by atoms with van der Waals surface area (Å²) in [6.07, 6.45) is 3.27. The maximum Gasteiger partial charge on any atom is 0.287 e. The first-order chi connectivity index (χ1) is 14.4. The SMILES string of the molecule is O=C(NN1CCCCC1)c1nc(-c2ccc(Cl)cc2Cl)n(-c2ccc(Br)cc2)c1Cl. The highest BCUT2D eigenvalue weighted by Crippen LogP contribution is 2.35. The Labute approximate surface area is 198 Å². The second-order valence-electron chi connectivity index (χ2n) is 7.00. The molecule has 1 fully saturated rings. The van der Waals surface area contributed by atoms with E-state index in [0.717, 1.165) is 36.1 Å². The van der Waals surface area contributed by atoms with E-state index < -0.39 is 0 Å². The molecule has 2 heterocycles. The number of rotatable bonds is 4. The summed E-state index contributed by atoms with van der Waals surface area (Å²) in [7, 11) is 0. The van der Waals surface area contributed by atoms with Gasteiger partial charge in [0.1, 0.15) is 11.0 Å². The number of carbonyl (C=O) groups excluding carboxylic acids is 1. The zero-order valence-electron chi connectivity index (χ0n) is 15.8. The normalized spacial score (nSPS) is 14.7. The van der Waals surface area contributed by atoms with E-state index in [4.69, 9.17) is 34.8 Å². The van der Waals surface area contributed by atoms with Gasteiger partial charge in [0, 0.05) is 33.8 Å². The van der Waals surface area contributed by atoms with Crippen LogP contribution >= 0.6 is 50.7 Å². The monoisotopic (exact) mass is 526 g/mol. The summed E-state index contributed by atoms with van der Waals surface area (Å²) in [5.74, 6) is 0.122. The van der Waals surface area contributed by atoms with Crippen molar-refractivity contribution < 1.29 is 4.79 Å². The van der Waals surface area contributed by atoms with Crippen LogP contribution in [0.15, 0.2) is 46.9 Å². The van der Waals surface area contributed by atoms with Crippen LogP contribution in [0.5, 0.6) is 0 Å². The molecule has 1 saturated heterocycles. The first-order valence-corrected chi connectivity index (χ1v) is 11.4. The summed E-state index contributed by atoms with van der Waals surface area (Å²) >= 11 is 22.6. The Hall–Kier alpha value is -1.57. The predicted molar refractivity (Wildman–Crippen MR) is 125 cm³/mol. The zero-order chi connectivity index (χ0) is 21.3. The lowest BCUT2D eigenvalue weighted by atomic mass is 10.2. The van der Waals surface area contributed by atoms with Crippen molar-refractivity contribution in [3.63, 3.8) is 0 Å². The molecule has 0 bridgehead atoms. The van der Waals surface area contributed by atoms with Gasteiger partial charge in [-0.2, -0.15) is 0 Å². The van der Waals surface area contributed by atoms with Crippen LogP contribution in [0.2, 0.25) is 15.2 Å². The van der Waals surface area contributed by atoms with Crippen molar-refractivity contribution in [2.45, 2.75) is 19.3 Å². The van der Waals surface area contributed by atoms with Crippen LogP contribution in [0.4, 0.5) is 0 Å². The van der Waals surface area contributed by atoms with Gasteiger partial charge in [-0.15, -0.1) is 0 Å². The quantitative estimate of drug-likeness (QED) is 0.427. The van der Waals surface area contributed by atoms with Crippen molar-refractivity contribution in [2.75, 3.05) is 13.1 Å². The molecule has 0 saturated carbocycles. The van der Waals surface area contributed by atoms with Gasteiger partial charge < -0.3 is 0 Å². The van der Waals surface area contributed by atoms with E-state index in [1.54, 1.807) is 22.8 Å². The highest BCUT2D eigenvalue weighted by molar-refractivity contribution is 9.10. The molecule has 1 amide bonds. The van der Waals surface area contributed by atoms with E-state index in [9.17, 15) is 4.79 Å². The van der Waals surface area contributed by atoms with Crippen LogP contribution in [0.3, 0.4) is 0 Å². The van der Waals surface area contributed by atoms with Gasteiger partial charge >= 0.3 is 0 Å². The number of imidazole rings is 1. The van der Waals surface area contributed by atoms with Gasteiger partial charge in [0.15, 0.2) is 5.69 Å². The number of carbonyl (C=O) groups is 1. The molecule has 0 radical (unpaired) electrons. The average Bonchev–Trinajstić information content (AvgIpc) is 3.06. The number of hydrazine groups is 1. The molecule has 5 nitrogen and oxygen atoms in total. The van der Waals surface area contributed by atoms with Crippen molar-refractivity contribution in [3.05, 3.63) is 67.8 Å². The van der Waals surface area contributed by atoms with Crippen LogP contribution in [0, 0.1) is 0 Å². The first kappa shape index (κ1) is 21.7. The fraction of sp³-hybridized carbons (Fsp3) is 0.238. The van der Waals surface area contributed by atoms with E-state index in [-0.39, 0.29) is 16.8 Å². The Kier molecular flexibility index (Phi) is 6.70. The molecule has 9 heteroatoms. The standard InChI is InChI=1S/C21H18BrCl3N4O/c22-13-4-7-15(8-5-13)29-19(25)18(21(30)27-28-10-2-1-3-11-28)26-20(29)16-9-6-14(23)12-17(16)24/h4-9,12H,1-3,10-11H2,(H,27,30). The Morgan fingerprint density at radius 1 is 1.00 bits per heavy atom. The molecule has 1 aliphatic rings. The Morgan fingerprint density at radius 2 is 1.70 bits per heavy atom. The van der Waals surface area contributed by atoms with Crippen LogP contribution in [0.1, 0.15) is 29.8 Å². The molecule has 156 valence electrons. The lowest BCUT2D eigenvalue weighted by Crippen LogP contribution is -2.45. The second kappa shape index (κ2) is 9.28. The van der Waals surface area contributed by atoms with Gasteiger partial charge in [0.25, 0.3) is 5.91 Å². The molecule has 1 aromatic heterocycles. The number of hydrogen-bond acceptors (Lipinski definition) is 3. The number of hydrogen-bond donors (Lipinski definition) is 1. The smallest absolute Gasteiger partial charge is 0.283 e. The number of aromatic nitrogens is 2. The number of amides is 1. The third-order valence-corrected chi connectivity index (χ3v) is 6.33. The minimum Gasteiger partial charge on any atom is -0.283 e. The molecule has 1 N–H and O–H groups in total. The molecule has 3 aromatic rings. The molecule has 0 unspecified atom stereocenters. The molecule has 2 aromatic carbocycles. The Bertz CT molecular complexity index is 1080. The number of nitrogens with one attached hydrogen (secondary N) is 1. The Balaban J connectivity index is 1.80. The molecule has 0 spiro atoms. The zero-order valence-corrected chi connectivity index (χ0v) is 19.7. The number of halogens is 4. The maximum atomic E-state index is 13.0. The Morgan fingerprint density at radius 3 is 2.37 bits per heavy atom. The molecule has 0 atom stereocenters. The van der Waals surface area contributed by atoms with Gasteiger partial charge in [-0.25, -0.2) is 9.99 Å². The summed E-state index contributed by atoms with van der Waals surface area (Å²) < 4.78 is 2.64. The summed E-state index contributed by atoms with van der Waals surface area (Å²) in [6.45, 7) is 1.62. The van der Waals surface area contributed by atoms with Crippen LogP contribution in [-0.2, 0) is 0 Å². The van der Waals surface area contributed by atoms with Gasteiger partial charge in [-0.05, 0) is 55.3 Å². The molecule has 30 heavy (non-hydrogen) atoms. The van der Waals surface area contributed by atoms with Crippen LogP contribution < -0.4 is 5.43 Å². The molecular formula is C21H18BrCl3N4O. The van der Waals surface area contributed by atoms with Gasteiger partial charge in [-0.3, -0.25) is 14.8 Å². The van der Waals surface area contributed by atoms with Crippen molar-refractivity contribution in [2.24, 2.45) is 0 Å². The van der Waals surface area contributed by atoms with Crippen molar-refractivity contribution >= 4 is 56.6 Å². The van der Waals surface area contributed by atoms with E-state index in [1.165, 1.54) is 6.42 Å². The fourth-order valence-corrected chi connectivity index (χ4v) is 4.49. The second-order valence-corrected chi connectivity index (χ2v) is 9.12. The number of piperidine rings is 1. The molecular weight excluding hydrogens is 511 g/mol. The number of nitrogens with zero attached hydrogens (tertiary/aromatic N) is 3. The van der Waals surface area contributed by atoms with Crippen molar-refractivity contribution in [1.82, 2.24) is 20.0 Å². The van der Waals surface area contributed by atoms with Crippen molar-refractivity contribution in [3.8, 4) is 17.1 Å². The largest absolute Gasteiger partial charge is 0.287 e. The molecule has 1 aliphatic heterocycles. The molecule has 0 aliphatic carbocycles. The van der Waals surface area contributed by atoms with E-state index >= 15 is 0 Å². The highest BCUT2D eigenvalue weighted by Gasteiger charge is 2.26. The van der Waals surface area contributed by atoms with Crippen LogP contribution in [0.25, 0.3) is 17.1 Å². The molecule has 4 rings (SSSR count). The average molecular weight is 529 g/mol. The van der Waals surface area contributed by atoms with Gasteiger partial charge in [0.05, 0.1) is 5.02 Å². The number of benzene rings is 2. The topological polar surface area (TPSA) is 50.2 Å². The van der Waals surface area contributed by atoms with Crippen LogP contribution in [-0.4, -0.2) is 33.6 Å². The minimum absolute atomic E-state index is 0.145. The summed E-state index contributed by atoms with van der Waals surface area (Å²) in [4.78, 5) is 17.6. The van der Waals surface area contributed by atoms with Crippen molar-refractivity contribution in [1.29, 1.82) is 0 Å². The lowest BCUT2D eigenvalue weighted by molar-refractivity contribution is 0.0745. The highest BCUT2D eigenvalue weighted by atomic mass is 79.9. The first-order valence-electron chi connectivity index (χ1n) is 9.49. The predicted octanol–water partition coefficient (Wildman–Crippen LogP) is 6.39. The van der Waals surface area contributed by atoms with E-state index in [0.29, 0.717) is 21.4 Å². The lowest BCUT2D eigenvalue weighted by Gasteiger charge is -2.26. The van der Waals surface area contributed by atoms with E-state index in [2.05, 4.69) is 26.3 Å². The third-order valence-electron chi connectivity index (χ3n) is 4.91. The van der Waals surface area contributed by atoms with E-state index in [1.807, 2.05) is 29.3 Å².